The Hall–Kier alpha value is -2.76. The summed E-state index contributed by atoms with van der Waals surface area (Å²) in [6.07, 6.45) is 1.61. The van der Waals surface area contributed by atoms with Gasteiger partial charge in [-0.25, -0.2) is 9.98 Å². The summed E-state index contributed by atoms with van der Waals surface area (Å²) in [4.78, 5) is 13.9. The van der Waals surface area contributed by atoms with E-state index in [1.54, 1.807) is 13.4 Å². The van der Waals surface area contributed by atoms with Gasteiger partial charge in [0.15, 0.2) is 11.7 Å². The number of aliphatic imine (C=N–C) groups is 1. The Morgan fingerprint density at radius 3 is 2.71 bits per heavy atom. The van der Waals surface area contributed by atoms with Crippen molar-refractivity contribution in [1.29, 1.82) is 0 Å². The number of hydrogen-bond donors (Lipinski definition) is 2. The second-order valence-corrected chi connectivity index (χ2v) is 6.90. The third-order valence-corrected chi connectivity index (χ3v) is 4.99. The summed E-state index contributed by atoms with van der Waals surface area (Å²) in [7, 11) is 1.71. The van der Waals surface area contributed by atoms with Crippen molar-refractivity contribution in [3.63, 3.8) is 0 Å². The van der Waals surface area contributed by atoms with Gasteiger partial charge in [-0.15, -0.1) is 29.1 Å². The number of guanidine groups is 1. The van der Waals surface area contributed by atoms with E-state index in [9.17, 15) is 0 Å². The molecular formula is C21H28IN7O2. The molecule has 10 heteroatoms. The molecule has 0 atom stereocenters. The normalized spacial score (nSPS) is 14.3. The Balaban J connectivity index is 0.00000272. The molecule has 0 saturated carbocycles. The predicted molar refractivity (Wildman–Crippen MR) is 131 cm³/mol. The lowest BCUT2D eigenvalue weighted by Crippen LogP contribution is -2.52. The Morgan fingerprint density at radius 2 is 2.00 bits per heavy atom. The monoisotopic (exact) mass is 537 g/mol. The highest BCUT2D eigenvalue weighted by Crippen LogP contribution is 2.28. The standard InChI is InChI=1S/C21H27N7O2.HI/c1-3-22-21(23-15-19-24-20(26-25-19)18-9-6-14-30-18)28-12-10-27(11-13-28)16-7-4-5-8-17(16)29-2;/h4-9,14H,3,10-13,15H2,1-2H3,(H,22,23)(H,24,25,26);1H. The van der Waals surface area contributed by atoms with Crippen molar-refractivity contribution >= 4 is 35.6 Å². The minimum atomic E-state index is 0. The van der Waals surface area contributed by atoms with Crippen LogP contribution >= 0.6 is 24.0 Å². The highest BCUT2D eigenvalue weighted by atomic mass is 127. The zero-order valence-corrected chi connectivity index (χ0v) is 20.1. The first-order chi connectivity index (χ1) is 14.8. The number of furan rings is 1. The number of methoxy groups -OCH3 is 1. The lowest BCUT2D eigenvalue weighted by atomic mass is 10.2. The van der Waals surface area contributed by atoms with E-state index in [0.717, 1.165) is 50.1 Å². The number of hydrogen-bond acceptors (Lipinski definition) is 6. The van der Waals surface area contributed by atoms with Crippen molar-refractivity contribution in [2.45, 2.75) is 13.5 Å². The molecule has 1 aliphatic heterocycles. The van der Waals surface area contributed by atoms with E-state index in [0.29, 0.717) is 24.0 Å². The molecule has 1 aromatic carbocycles. The summed E-state index contributed by atoms with van der Waals surface area (Å²) in [6, 6.07) is 11.8. The van der Waals surface area contributed by atoms with Gasteiger partial charge >= 0.3 is 0 Å². The molecule has 3 aromatic rings. The van der Waals surface area contributed by atoms with Gasteiger partial charge in [-0.3, -0.25) is 5.10 Å². The van der Waals surface area contributed by atoms with E-state index >= 15 is 0 Å². The number of anilines is 1. The number of nitrogens with zero attached hydrogens (tertiary/aromatic N) is 5. The molecule has 1 aliphatic rings. The summed E-state index contributed by atoms with van der Waals surface area (Å²) >= 11 is 0. The van der Waals surface area contributed by atoms with Crippen LogP contribution in [0.25, 0.3) is 11.6 Å². The van der Waals surface area contributed by atoms with Crippen molar-refractivity contribution in [1.82, 2.24) is 25.4 Å². The first-order valence-corrected chi connectivity index (χ1v) is 10.1. The summed E-state index contributed by atoms with van der Waals surface area (Å²) < 4.78 is 10.9. The topological polar surface area (TPSA) is 94.8 Å². The Bertz CT molecular complexity index is 966. The van der Waals surface area contributed by atoms with E-state index in [2.05, 4.69) is 43.3 Å². The van der Waals surface area contributed by atoms with Gasteiger partial charge in [0.1, 0.15) is 18.1 Å². The number of ether oxygens (including phenoxy) is 1. The van der Waals surface area contributed by atoms with Crippen molar-refractivity contribution in [3.8, 4) is 17.3 Å². The average molecular weight is 537 g/mol. The number of nitrogens with one attached hydrogen (secondary N) is 2. The van der Waals surface area contributed by atoms with E-state index in [1.807, 2.05) is 30.3 Å². The number of halogens is 1. The molecule has 0 spiro atoms. The van der Waals surface area contributed by atoms with Crippen LogP contribution in [-0.4, -0.2) is 65.9 Å². The van der Waals surface area contributed by atoms with E-state index < -0.39 is 0 Å². The molecule has 1 fully saturated rings. The Kier molecular flexibility index (Phi) is 8.15. The number of benzene rings is 1. The van der Waals surface area contributed by atoms with E-state index in [-0.39, 0.29) is 24.0 Å². The maximum Gasteiger partial charge on any atom is 0.216 e. The van der Waals surface area contributed by atoms with Crippen molar-refractivity contribution in [2.75, 3.05) is 44.7 Å². The summed E-state index contributed by atoms with van der Waals surface area (Å²) in [5.74, 6) is 3.67. The molecule has 0 radical (unpaired) electrons. The van der Waals surface area contributed by atoms with Gasteiger partial charge in [0, 0.05) is 32.7 Å². The number of H-pyrrole nitrogens is 1. The Labute approximate surface area is 198 Å². The summed E-state index contributed by atoms with van der Waals surface area (Å²) in [5, 5.41) is 10.5. The summed E-state index contributed by atoms with van der Waals surface area (Å²) in [6.45, 7) is 6.84. The molecule has 1 saturated heterocycles. The van der Waals surface area contributed by atoms with Crippen molar-refractivity contribution < 1.29 is 9.15 Å². The highest BCUT2D eigenvalue weighted by molar-refractivity contribution is 14.0. The first kappa shape index (κ1) is 22.9. The molecule has 3 heterocycles. The van der Waals surface area contributed by atoms with Gasteiger partial charge in [0.2, 0.25) is 5.82 Å². The molecule has 31 heavy (non-hydrogen) atoms. The van der Waals surface area contributed by atoms with Crippen LogP contribution in [-0.2, 0) is 6.54 Å². The lowest BCUT2D eigenvalue weighted by Gasteiger charge is -2.38. The second kappa shape index (κ2) is 11.0. The molecule has 2 aromatic heterocycles. The fourth-order valence-corrected chi connectivity index (χ4v) is 3.51. The molecule has 0 unspecified atom stereocenters. The molecule has 2 N–H and O–H groups in total. The fourth-order valence-electron chi connectivity index (χ4n) is 3.51. The zero-order chi connectivity index (χ0) is 20.8. The van der Waals surface area contributed by atoms with Crippen LogP contribution in [0.1, 0.15) is 12.7 Å². The summed E-state index contributed by atoms with van der Waals surface area (Å²) in [5.41, 5.74) is 1.13. The van der Waals surface area contributed by atoms with Gasteiger partial charge in [0.25, 0.3) is 0 Å². The van der Waals surface area contributed by atoms with Crippen LogP contribution < -0.4 is 15.0 Å². The average Bonchev–Trinajstić information content (AvgIpc) is 3.49. The van der Waals surface area contributed by atoms with Crippen molar-refractivity contribution in [3.05, 3.63) is 48.5 Å². The first-order valence-electron chi connectivity index (χ1n) is 10.1. The van der Waals surface area contributed by atoms with Crippen LogP contribution in [0.15, 0.2) is 52.1 Å². The zero-order valence-electron chi connectivity index (χ0n) is 17.7. The molecule has 166 valence electrons. The predicted octanol–water partition coefficient (Wildman–Crippen LogP) is 2.98. The lowest BCUT2D eigenvalue weighted by molar-refractivity contribution is 0.367. The molecule has 0 aliphatic carbocycles. The minimum Gasteiger partial charge on any atom is -0.495 e. The van der Waals surface area contributed by atoms with Gasteiger partial charge in [-0.2, -0.15) is 0 Å². The van der Waals surface area contributed by atoms with Crippen molar-refractivity contribution in [2.24, 2.45) is 4.99 Å². The van der Waals surface area contributed by atoms with Crippen LogP contribution in [0, 0.1) is 0 Å². The van der Waals surface area contributed by atoms with Crippen LogP contribution in [0.3, 0.4) is 0 Å². The number of aromatic nitrogens is 3. The van der Waals surface area contributed by atoms with Crippen LogP contribution in [0.4, 0.5) is 5.69 Å². The van der Waals surface area contributed by atoms with Gasteiger partial charge < -0.3 is 24.3 Å². The third kappa shape index (κ3) is 5.49. The molecule has 9 nitrogen and oxygen atoms in total. The highest BCUT2D eigenvalue weighted by Gasteiger charge is 2.21. The van der Waals surface area contributed by atoms with Crippen LogP contribution in [0.5, 0.6) is 5.75 Å². The number of piperazine rings is 1. The van der Waals surface area contributed by atoms with E-state index in [1.165, 1.54) is 0 Å². The molecule has 4 rings (SSSR count). The fraction of sp³-hybridized carbons (Fsp3) is 0.381. The van der Waals surface area contributed by atoms with Gasteiger partial charge in [-0.1, -0.05) is 12.1 Å². The Morgan fingerprint density at radius 1 is 1.19 bits per heavy atom. The SMILES string of the molecule is CCNC(=NCc1nc(-c2ccco2)n[nH]1)N1CCN(c2ccccc2OC)CC1.I. The second-order valence-electron chi connectivity index (χ2n) is 6.90. The number of rotatable bonds is 6. The number of para-hydroxylation sites is 2. The third-order valence-electron chi connectivity index (χ3n) is 4.99. The van der Waals surface area contributed by atoms with Crippen LogP contribution in [0.2, 0.25) is 0 Å². The maximum atomic E-state index is 5.51. The maximum absolute atomic E-state index is 5.51. The molecular weight excluding hydrogens is 509 g/mol. The van der Waals surface area contributed by atoms with E-state index in [4.69, 9.17) is 14.1 Å². The molecule has 0 bridgehead atoms. The number of aromatic amines is 1. The van der Waals surface area contributed by atoms with Gasteiger partial charge in [-0.05, 0) is 31.2 Å². The van der Waals surface area contributed by atoms with Gasteiger partial charge in [0.05, 0.1) is 19.1 Å². The molecule has 0 amide bonds. The smallest absolute Gasteiger partial charge is 0.216 e. The minimum absolute atomic E-state index is 0. The largest absolute Gasteiger partial charge is 0.495 e. The quantitative estimate of drug-likeness (QED) is 0.284.